The number of allylic oxidation sites excluding steroid dienone is 2. The Labute approximate surface area is 39.4 Å². The SMILES string of the molecule is C1=C[C@@H]2P[C@@H]2C1. The molecule has 3 atom stereocenters. The lowest BCUT2D eigenvalue weighted by atomic mass is 10.4. The molecule has 1 saturated heterocycles. The Morgan fingerprint density at radius 2 is 2.67 bits per heavy atom. The quantitative estimate of drug-likeness (QED) is 0.317. The van der Waals surface area contributed by atoms with Crippen LogP contribution in [0.4, 0.5) is 0 Å². The zero-order chi connectivity index (χ0) is 3.98. The first-order valence-corrected chi connectivity index (χ1v) is 3.55. The van der Waals surface area contributed by atoms with Crippen LogP contribution in [0, 0.1) is 0 Å². The third kappa shape index (κ3) is 0.283. The molecular weight excluding hydrogens is 91.0 g/mol. The smallest absolute Gasteiger partial charge is 0.00141 e. The van der Waals surface area contributed by atoms with Crippen molar-refractivity contribution in [2.24, 2.45) is 0 Å². The Morgan fingerprint density at radius 3 is 2.83 bits per heavy atom. The average molecular weight is 98.1 g/mol. The van der Waals surface area contributed by atoms with Gasteiger partial charge in [-0.15, -0.1) is 8.58 Å². The van der Waals surface area contributed by atoms with Crippen LogP contribution in [-0.2, 0) is 0 Å². The van der Waals surface area contributed by atoms with Crippen molar-refractivity contribution in [2.45, 2.75) is 17.7 Å². The number of rotatable bonds is 0. The highest BCUT2D eigenvalue weighted by molar-refractivity contribution is 7.49. The molecule has 0 N–H and O–H groups in total. The molecule has 6 heavy (non-hydrogen) atoms. The third-order valence-corrected chi connectivity index (χ3v) is 3.08. The summed E-state index contributed by atoms with van der Waals surface area (Å²) in [6.07, 6.45) is 6.07. The van der Waals surface area contributed by atoms with Gasteiger partial charge in [0, 0.05) is 5.66 Å². The van der Waals surface area contributed by atoms with Crippen LogP contribution in [0.15, 0.2) is 12.2 Å². The van der Waals surface area contributed by atoms with Crippen molar-refractivity contribution in [3.05, 3.63) is 12.2 Å². The van der Waals surface area contributed by atoms with E-state index in [1.807, 2.05) is 0 Å². The van der Waals surface area contributed by atoms with E-state index in [0.29, 0.717) is 0 Å². The van der Waals surface area contributed by atoms with Crippen LogP contribution >= 0.6 is 8.58 Å². The highest BCUT2D eigenvalue weighted by Gasteiger charge is 2.36. The van der Waals surface area contributed by atoms with E-state index >= 15 is 0 Å². The molecule has 2 aliphatic rings. The Hall–Kier alpha value is 0.170. The molecule has 1 aliphatic carbocycles. The molecule has 0 aromatic heterocycles. The van der Waals surface area contributed by atoms with Gasteiger partial charge >= 0.3 is 0 Å². The van der Waals surface area contributed by atoms with E-state index in [4.69, 9.17) is 0 Å². The van der Waals surface area contributed by atoms with Crippen LogP contribution < -0.4 is 0 Å². The molecule has 0 aromatic rings. The average Bonchev–Trinajstić information content (AvgIpc) is 2.17. The van der Waals surface area contributed by atoms with Crippen LogP contribution in [0.3, 0.4) is 0 Å². The van der Waals surface area contributed by atoms with Crippen LogP contribution in [0.25, 0.3) is 0 Å². The fourth-order valence-electron chi connectivity index (χ4n) is 0.968. The molecule has 1 unspecified atom stereocenters. The molecule has 32 valence electrons. The second-order valence-corrected chi connectivity index (χ2v) is 3.70. The van der Waals surface area contributed by atoms with Crippen molar-refractivity contribution in [3.8, 4) is 0 Å². The summed E-state index contributed by atoms with van der Waals surface area (Å²) in [5, 5.41) is 0. The lowest BCUT2D eigenvalue weighted by Gasteiger charge is -1.71. The van der Waals surface area contributed by atoms with Gasteiger partial charge in [0.15, 0.2) is 0 Å². The van der Waals surface area contributed by atoms with Crippen molar-refractivity contribution >= 4 is 8.58 Å². The minimum Gasteiger partial charge on any atom is -0.110 e. The van der Waals surface area contributed by atoms with Gasteiger partial charge in [0.25, 0.3) is 0 Å². The second kappa shape index (κ2) is 0.869. The molecule has 1 aliphatic heterocycles. The molecular formula is C5H7P. The highest BCUT2D eigenvalue weighted by atomic mass is 31.1. The Bertz CT molecular complexity index is 96.1. The topological polar surface area (TPSA) is 0 Å². The van der Waals surface area contributed by atoms with Gasteiger partial charge in [0.2, 0.25) is 0 Å². The van der Waals surface area contributed by atoms with Crippen molar-refractivity contribution < 1.29 is 0 Å². The number of fused-ring (bicyclic) bond motifs is 1. The fraction of sp³-hybridized carbons (Fsp3) is 0.600. The number of hydrogen-bond donors (Lipinski definition) is 0. The molecule has 1 fully saturated rings. The Morgan fingerprint density at radius 1 is 1.67 bits per heavy atom. The van der Waals surface area contributed by atoms with E-state index in [-0.39, 0.29) is 0 Å². The first kappa shape index (κ1) is 3.21. The van der Waals surface area contributed by atoms with Gasteiger partial charge < -0.3 is 0 Å². The summed E-state index contributed by atoms with van der Waals surface area (Å²) in [4.78, 5) is 0. The lowest BCUT2D eigenvalue weighted by molar-refractivity contribution is 1.07. The summed E-state index contributed by atoms with van der Waals surface area (Å²) in [5.74, 6) is 0. The normalized spacial score (nSPS) is 53.3. The van der Waals surface area contributed by atoms with Gasteiger partial charge in [-0.2, -0.15) is 0 Å². The second-order valence-electron chi connectivity index (χ2n) is 1.96. The van der Waals surface area contributed by atoms with Crippen molar-refractivity contribution in [1.82, 2.24) is 0 Å². The van der Waals surface area contributed by atoms with E-state index in [1.54, 1.807) is 0 Å². The maximum Gasteiger partial charge on any atom is 0.00141 e. The first-order chi connectivity index (χ1) is 2.97. The van der Waals surface area contributed by atoms with Crippen molar-refractivity contribution in [3.63, 3.8) is 0 Å². The predicted octanol–water partition coefficient (Wildman–Crippen LogP) is 1.38. The molecule has 0 bridgehead atoms. The molecule has 1 heterocycles. The fourth-order valence-corrected chi connectivity index (χ4v) is 2.12. The van der Waals surface area contributed by atoms with Gasteiger partial charge in [-0.05, 0) is 12.1 Å². The minimum atomic E-state index is 1.06. The molecule has 2 rings (SSSR count). The van der Waals surface area contributed by atoms with Gasteiger partial charge in [0.1, 0.15) is 0 Å². The summed E-state index contributed by atoms with van der Waals surface area (Å²) < 4.78 is 0. The molecule has 0 nitrogen and oxygen atoms in total. The van der Waals surface area contributed by atoms with E-state index in [9.17, 15) is 0 Å². The summed E-state index contributed by atoms with van der Waals surface area (Å²) in [6, 6.07) is 0. The number of hydrogen-bond acceptors (Lipinski definition) is 0. The maximum atomic E-state index is 2.36. The van der Waals surface area contributed by atoms with Crippen molar-refractivity contribution in [2.75, 3.05) is 0 Å². The summed E-state index contributed by atoms with van der Waals surface area (Å²) in [5.41, 5.74) is 2.19. The Kier molecular flexibility index (Phi) is 0.465. The van der Waals surface area contributed by atoms with Crippen molar-refractivity contribution in [1.29, 1.82) is 0 Å². The Balaban J connectivity index is 2.26. The molecule has 0 aromatic carbocycles. The molecule has 1 heteroatoms. The van der Waals surface area contributed by atoms with Gasteiger partial charge in [-0.25, -0.2) is 0 Å². The van der Waals surface area contributed by atoms with E-state index in [2.05, 4.69) is 12.2 Å². The lowest BCUT2D eigenvalue weighted by Crippen LogP contribution is -1.75. The predicted molar refractivity (Wildman–Crippen MR) is 29.6 cm³/mol. The van der Waals surface area contributed by atoms with Crippen LogP contribution in [0.5, 0.6) is 0 Å². The van der Waals surface area contributed by atoms with Gasteiger partial charge in [-0.1, -0.05) is 12.2 Å². The van der Waals surface area contributed by atoms with E-state index in [1.165, 1.54) is 15.0 Å². The van der Waals surface area contributed by atoms with Crippen LogP contribution in [-0.4, -0.2) is 11.3 Å². The molecule has 0 saturated carbocycles. The maximum absolute atomic E-state index is 2.36. The largest absolute Gasteiger partial charge is 0.110 e. The zero-order valence-corrected chi connectivity index (χ0v) is 4.52. The standard InChI is InChI=1S/C5H7P/c1-2-4-5(3-1)6-4/h1-2,4-6H,3H2/t4-,5+/m0/s1. The zero-order valence-electron chi connectivity index (χ0n) is 3.52. The summed E-state index contributed by atoms with van der Waals surface area (Å²) in [7, 11) is 1.30. The monoisotopic (exact) mass is 98.0 g/mol. The highest BCUT2D eigenvalue weighted by Crippen LogP contribution is 2.55. The van der Waals surface area contributed by atoms with Crippen LogP contribution in [0.2, 0.25) is 0 Å². The van der Waals surface area contributed by atoms with E-state index in [0.717, 1.165) is 11.3 Å². The molecule has 0 amide bonds. The van der Waals surface area contributed by atoms with E-state index < -0.39 is 0 Å². The third-order valence-electron chi connectivity index (χ3n) is 1.46. The van der Waals surface area contributed by atoms with Gasteiger partial charge in [0.05, 0.1) is 0 Å². The minimum absolute atomic E-state index is 1.06. The van der Waals surface area contributed by atoms with Gasteiger partial charge in [-0.3, -0.25) is 0 Å². The molecule has 0 spiro atoms. The van der Waals surface area contributed by atoms with Crippen LogP contribution in [0.1, 0.15) is 6.42 Å². The molecule has 0 radical (unpaired) electrons. The first-order valence-electron chi connectivity index (χ1n) is 2.39. The summed E-state index contributed by atoms with van der Waals surface area (Å²) >= 11 is 0. The summed E-state index contributed by atoms with van der Waals surface area (Å²) in [6.45, 7) is 0.